The number of ether oxygens (including phenoxy) is 2. The SMILES string of the molecule is CONC(=O)C1CC=C(c2ccc(OCC3CCN(C(=O)OC(C)C)CC3)cc2)CC1. The second-order valence-electron chi connectivity index (χ2n) is 8.57. The van der Waals surface area contributed by atoms with Crippen LogP contribution in [0.15, 0.2) is 30.3 Å². The number of rotatable bonds is 7. The van der Waals surface area contributed by atoms with E-state index in [1.165, 1.54) is 18.2 Å². The summed E-state index contributed by atoms with van der Waals surface area (Å²) in [5.74, 6) is 1.23. The summed E-state index contributed by atoms with van der Waals surface area (Å²) in [4.78, 5) is 30.4. The number of amides is 2. The third-order valence-electron chi connectivity index (χ3n) is 5.90. The van der Waals surface area contributed by atoms with Crippen molar-refractivity contribution in [2.24, 2.45) is 11.8 Å². The van der Waals surface area contributed by atoms with Gasteiger partial charge in [0.1, 0.15) is 5.75 Å². The van der Waals surface area contributed by atoms with E-state index < -0.39 is 0 Å². The first-order chi connectivity index (χ1) is 15.0. The minimum Gasteiger partial charge on any atom is -0.493 e. The second kappa shape index (κ2) is 11.2. The highest BCUT2D eigenvalue weighted by Gasteiger charge is 2.25. The number of likely N-dealkylation sites (tertiary alicyclic amines) is 1. The predicted molar refractivity (Wildman–Crippen MR) is 118 cm³/mol. The summed E-state index contributed by atoms with van der Waals surface area (Å²) in [6, 6.07) is 8.19. The van der Waals surface area contributed by atoms with Crippen molar-refractivity contribution in [2.45, 2.75) is 52.1 Å². The molecule has 1 N–H and O–H groups in total. The van der Waals surface area contributed by atoms with Crippen molar-refractivity contribution in [1.29, 1.82) is 0 Å². The van der Waals surface area contributed by atoms with Crippen LogP contribution in [0, 0.1) is 11.8 Å². The van der Waals surface area contributed by atoms with Crippen LogP contribution < -0.4 is 10.2 Å². The summed E-state index contributed by atoms with van der Waals surface area (Å²) in [6.07, 6.45) is 6.13. The van der Waals surface area contributed by atoms with E-state index in [0.717, 1.165) is 50.9 Å². The van der Waals surface area contributed by atoms with Crippen molar-refractivity contribution in [3.05, 3.63) is 35.9 Å². The lowest BCUT2D eigenvalue weighted by Gasteiger charge is -2.31. The molecule has 3 rings (SSSR count). The maximum Gasteiger partial charge on any atom is 0.410 e. The van der Waals surface area contributed by atoms with Gasteiger partial charge in [-0.25, -0.2) is 10.3 Å². The summed E-state index contributed by atoms with van der Waals surface area (Å²) < 4.78 is 11.3. The molecule has 2 aliphatic rings. The number of benzene rings is 1. The Bertz CT molecular complexity index is 767. The normalized spacial score (nSPS) is 19.7. The Balaban J connectivity index is 1.42. The van der Waals surface area contributed by atoms with Gasteiger partial charge in [-0.3, -0.25) is 9.63 Å². The fourth-order valence-electron chi connectivity index (χ4n) is 4.06. The summed E-state index contributed by atoms with van der Waals surface area (Å²) in [6.45, 7) is 5.83. The first kappa shape index (κ1) is 23.1. The molecule has 0 radical (unpaired) electrons. The molecule has 1 aromatic carbocycles. The smallest absolute Gasteiger partial charge is 0.410 e. The number of hydrogen-bond acceptors (Lipinski definition) is 5. The Morgan fingerprint density at radius 1 is 1.13 bits per heavy atom. The third-order valence-corrected chi connectivity index (χ3v) is 5.90. The van der Waals surface area contributed by atoms with Gasteiger partial charge in [-0.05, 0) is 75.1 Å². The van der Waals surface area contributed by atoms with Gasteiger partial charge in [-0.1, -0.05) is 18.2 Å². The average Bonchev–Trinajstić information content (AvgIpc) is 2.78. The molecule has 0 spiro atoms. The Morgan fingerprint density at radius 3 is 2.42 bits per heavy atom. The Kier molecular flexibility index (Phi) is 8.35. The van der Waals surface area contributed by atoms with Crippen LogP contribution in [0.2, 0.25) is 0 Å². The van der Waals surface area contributed by atoms with Crippen LogP contribution in [0.1, 0.15) is 51.5 Å². The molecule has 1 aromatic rings. The molecule has 0 bridgehead atoms. The Labute approximate surface area is 184 Å². The highest BCUT2D eigenvalue weighted by Crippen LogP contribution is 2.31. The first-order valence-electron chi connectivity index (χ1n) is 11.2. The molecule has 2 amide bonds. The van der Waals surface area contributed by atoms with Crippen LogP contribution in [0.5, 0.6) is 5.75 Å². The Morgan fingerprint density at radius 2 is 1.84 bits per heavy atom. The van der Waals surface area contributed by atoms with Crippen molar-refractivity contribution >= 4 is 17.6 Å². The van der Waals surface area contributed by atoms with Crippen LogP contribution in [0.25, 0.3) is 5.57 Å². The van der Waals surface area contributed by atoms with E-state index in [9.17, 15) is 9.59 Å². The number of hydroxylamine groups is 1. The van der Waals surface area contributed by atoms with Crippen LogP contribution >= 0.6 is 0 Å². The lowest BCUT2D eigenvalue weighted by atomic mass is 9.86. The van der Waals surface area contributed by atoms with Crippen LogP contribution in [-0.4, -0.2) is 49.8 Å². The molecular formula is C24H34N2O5. The van der Waals surface area contributed by atoms with Gasteiger partial charge >= 0.3 is 6.09 Å². The third kappa shape index (κ3) is 6.72. The largest absolute Gasteiger partial charge is 0.493 e. The molecule has 1 aliphatic carbocycles. The molecular weight excluding hydrogens is 396 g/mol. The van der Waals surface area contributed by atoms with Gasteiger partial charge in [0.25, 0.3) is 0 Å². The quantitative estimate of drug-likeness (QED) is 0.657. The van der Waals surface area contributed by atoms with Crippen LogP contribution in [0.3, 0.4) is 0 Å². The predicted octanol–water partition coefficient (Wildman–Crippen LogP) is 4.18. The van der Waals surface area contributed by atoms with Crippen molar-refractivity contribution in [3.8, 4) is 5.75 Å². The van der Waals surface area contributed by atoms with E-state index in [1.54, 1.807) is 4.90 Å². The molecule has 7 nitrogen and oxygen atoms in total. The number of allylic oxidation sites excluding steroid dienone is 2. The van der Waals surface area contributed by atoms with Crippen molar-refractivity contribution in [2.75, 3.05) is 26.8 Å². The van der Waals surface area contributed by atoms with Crippen LogP contribution in [0.4, 0.5) is 4.79 Å². The molecule has 1 fully saturated rings. The van der Waals surface area contributed by atoms with Crippen molar-refractivity contribution in [3.63, 3.8) is 0 Å². The topological polar surface area (TPSA) is 77.1 Å². The monoisotopic (exact) mass is 430 g/mol. The lowest BCUT2D eigenvalue weighted by Crippen LogP contribution is -2.40. The van der Waals surface area contributed by atoms with Crippen LogP contribution in [-0.2, 0) is 14.4 Å². The zero-order valence-corrected chi connectivity index (χ0v) is 18.8. The molecule has 0 saturated carbocycles. The summed E-state index contributed by atoms with van der Waals surface area (Å²) >= 11 is 0. The number of piperidine rings is 1. The van der Waals surface area contributed by atoms with E-state index in [-0.39, 0.29) is 24.0 Å². The van der Waals surface area contributed by atoms with Gasteiger partial charge in [0.2, 0.25) is 5.91 Å². The Hall–Kier alpha value is -2.54. The van der Waals surface area contributed by atoms with E-state index in [4.69, 9.17) is 14.3 Å². The van der Waals surface area contributed by atoms with Gasteiger partial charge in [0.15, 0.2) is 0 Å². The molecule has 1 heterocycles. The minimum absolute atomic E-state index is 0.0232. The van der Waals surface area contributed by atoms with E-state index >= 15 is 0 Å². The molecule has 1 unspecified atom stereocenters. The molecule has 1 aliphatic heterocycles. The summed E-state index contributed by atoms with van der Waals surface area (Å²) in [5.41, 5.74) is 4.87. The van der Waals surface area contributed by atoms with Gasteiger partial charge in [0, 0.05) is 19.0 Å². The van der Waals surface area contributed by atoms with Crippen molar-refractivity contribution < 1.29 is 23.9 Å². The van der Waals surface area contributed by atoms with E-state index in [1.807, 2.05) is 26.0 Å². The van der Waals surface area contributed by atoms with E-state index in [0.29, 0.717) is 12.5 Å². The molecule has 7 heteroatoms. The van der Waals surface area contributed by atoms with Crippen molar-refractivity contribution in [1.82, 2.24) is 10.4 Å². The maximum absolute atomic E-state index is 12.0. The molecule has 0 aromatic heterocycles. The number of nitrogens with one attached hydrogen (secondary N) is 1. The molecule has 31 heavy (non-hydrogen) atoms. The number of nitrogens with zero attached hydrogens (tertiary/aromatic N) is 1. The number of carbonyl (C=O) groups is 2. The van der Waals surface area contributed by atoms with Gasteiger partial charge in [-0.15, -0.1) is 0 Å². The molecule has 1 saturated heterocycles. The maximum atomic E-state index is 12.0. The fourth-order valence-corrected chi connectivity index (χ4v) is 4.06. The highest BCUT2D eigenvalue weighted by molar-refractivity contribution is 5.79. The average molecular weight is 431 g/mol. The van der Waals surface area contributed by atoms with Gasteiger partial charge in [0.05, 0.1) is 19.8 Å². The zero-order chi connectivity index (χ0) is 22.2. The van der Waals surface area contributed by atoms with Gasteiger partial charge in [-0.2, -0.15) is 0 Å². The van der Waals surface area contributed by atoms with Gasteiger partial charge < -0.3 is 14.4 Å². The molecule has 170 valence electrons. The highest BCUT2D eigenvalue weighted by atomic mass is 16.6. The number of hydrogen-bond donors (Lipinski definition) is 1. The number of carbonyl (C=O) groups excluding carboxylic acids is 2. The first-order valence-corrected chi connectivity index (χ1v) is 11.2. The summed E-state index contributed by atoms with van der Waals surface area (Å²) in [7, 11) is 1.46. The minimum atomic E-state index is -0.215. The molecule has 1 atom stereocenters. The van der Waals surface area contributed by atoms with E-state index in [2.05, 4.69) is 23.7 Å². The summed E-state index contributed by atoms with van der Waals surface area (Å²) in [5, 5.41) is 0. The zero-order valence-electron chi connectivity index (χ0n) is 18.8. The fraction of sp³-hybridized carbons (Fsp3) is 0.583. The lowest BCUT2D eigenvalue weighted by molar-refractivity contribution is -0.135. The standard InChI is InChI=1S/C24H34N2O5/c1-17(2)31-24(28)26-14-12-18(13-15-26)16-30-22-10-8-20(9-11-22)19-4-6-21(7-5-19)23(27)25-29-3/h4,8-11,17-18,21H,5-7,12-16H2,1-3H3,(H,25,27). The second-order valence-corrected chi connectivity index (χ2v) is 8.57.